The van der Waals surface area contributed by atoms with Crippen LogP contribution in [0.25, 0.3) is 6.08 Å². The maximum atomic E-state index is 12.6. The van der Waals surface area contributed by atoms with Crippen molar-refractivity contribution in [1.82, 2.24) is 4.90 Å². The van der Waals surface area contributed by atoms with Crippen LogP contribution in [0.3, 0.4) is 0 Å². The summed E-state index contributed by atoms with van der Waals surface area (Å²) in [7, 11) is 0. The van der Waals surface area contributed by atoms with E-state index in [2.05, 4.69) is 36.2 Å². The van der Waals surface area contributed by atoms with Gasteiger partial charge in [0, 0.05) is 13.1 Å². The summed E-state index contributed by atoms with van der Waals surface area (Å²) in [5.74, 6) is 0.802. The molecule has 2 aromatic carbocycles. The molecule has 0 aromatic heterocycles. The van der Waals surface area contributed by atoms with Gasteiger partial charge in [0.15, 0.2) is 5.17 Å². The first-order valence-corrected chi connectivity index (χ1v) is 9.96. The zero-order valence-electron chi connectivity index (χ0n) is 15.9. The van der Waals surface area contributed by atoms with E-state index in [0.717, 1.165) is 22.0 Å². The van der Waals surface area contributed by atoms with Crippen LogP contribution < -0.4 is 4.74 Å². The number of hydrogen-bond acceptors (Lipinski definition) is 4. The van der Waals surface area contributed by atoms with Gasteiger partial charge in [0.1, 0.15) is 12.4 Å². The number of aryl methyl sites for hydroxylation is 1. The molecule has 1 amide bonds. The van der Waals surface area contributed by atoms with Crippen LogP contribution in [0.5, 0.6) is 5.75 Å². The molecule has 2 aromatic rings. The highest BCUT2D eigenvalue weighted by molar-refractivity contribution is 8.18. The molecular formula is C22H24N2O2S. The molecule has 1 heterocycles. The Morgan fingerprint density at radius 1 is 1.15 bits per heavy atom. The summed E-state index contributed by atoms with van der Waals surface area (Å²) >= 11 is 1.43. The van der Waals surface area contributed by atoms with Crippen molar-refractivity contribution in [3.8, 4) is 5.75 Å². The molecule has 0 radical (unpaired) electrons. The van der Waals surface area contributed by atoms with E-state index >= 15 is 0 Å². The summed E-state index contributed by atoms with van der Waals surface area (Å²) in [6, 6.07) is 16.1. The number of amides is 1. The van der Waals surface area contributed by atoms with Crippen molar-refractivity contribution in [2.24, 2.45) is 4.99 Å². The molecule has 140 valence electrons. The second kappa shape index (κ2) is 8.91. The van der Waals surface area contributed by atoms with Crippen LogP contribution in [-0.4, -0.2) is 29.1 Å². The average Bonchev–Trinajstić information content (AvgIpc) is 2.96. The van der Waals surface area contributed by atoms with Crippen LogP contribution in [0.15, 0.2) is 58.4 Å². The van der Waals surface area contributed by atoms with E-state index in [1.54, 1.807) is 4.90 Å². The van der Waals surface area contributed by atoms with E-state index in [1.165, 1.54) is 17.3 Å². The third-order valence-electron chi connectivity index (χ3n) is 4.18. The van der Waals surface area contributed by atoms with Crippen LogP contribution in [-0.2, 0) is 11.4 Å². The van der Waals surface area contributed by atoms with Crippen molar-refractivity contribution in [1.29, 1.82) is 0 Å². The topological polar surface area (TPSA) is 41.9 Å². The van der Waals surface area contributed by atoms with Crippen molar-refractivity contribution >= 4 is 28.9 Å². The molecule has 0 saturated carbocycles. The van der Waals surface area contributed by atoms with Crippen LogP contribution in [0.4, 0.5) is 0 Å². The first kappa shape index (κ1) is 19.2. The minimum absolute atomic E-state index is 0.0145. The van der Waals surface area contributed by atoms with Crippen LogP contribution in [0.1, 0.15) is 30.5 Å². The number of likely N-dealkylation sites (N-methyl/N-ethyl adjacent to an activating group) is 1. The molecule has 0 bridgehead atoms. The largest absolute Gasteiger partial charge is 0.489 e. The number of thioether (sulfide) groups is 1. The monoisotopic (exact) mass is 380 g/mol. The van der Waals surface area contributed by atoms with E-state index < -0.39 is 0 Å². The fourth-order valence-electron chi connectivity index (χ4n) is 2.74. The van der Waals surface area contributed by atoms with Crippen molar-refractivity contribution in [2.45, 2.75) is 27.4 Å². The summed E-state index contributed by atoms with van der Waals surface area (Å²) < 4.78 is 5.91. The lowest BCUT2D eigenvalue weighted by Crippen LogP contribution is -2.28. The Bertz CT molecular complexity index is 872. The van der Waals surface area contributed by atoms with Gasteiger partial charge in [0.05, 0.1) is 4.91 Å². The predicted molar refractivity (Wildman–Crippen MR) is 113 cm³/mol. The van der Waals surface area contributed by atoms with E-state index in [-0.39, 0.29) is 5.91 Å². The van der Waals surface area contributed by atoms with Gasteiger partial charge in [-0.1, -0.05) is 42.0 Å². The zero-order valence-corrected chi connectivity index (χ0v) is 16.8. The van der Waals surface area contributed by atoms with Crippen molar-refractivity contribution in [3.63, 3.8) is 0 Å². The second-order valence-corrected chi connectivity index (χ2v) is 7.27. The molecule has 1 saturated heterocycles. The minimum Gasteiger partial charge on any atom is -0.489 e. The molecular weight excluding hydrogens is 356 g/mol. The molecule has 0 atom stereocenters. The normalized spacial score (nSPS) is 17.1. The maximum absolute atomic E-state index is 12.6. The minimum atomic E-state index is 0.0145. The van der Waals surface area contributed by atoms with Gasteiger partial charge >= 0.3 is 0 Å². The highest BCUT2D eigenvalue weighted by atomic mass is 32.2. The van der Waals surface area contributed by atoms with Gasteiger partial charge in [-0.15, -0.1) is 0 Å². The van der Waals surface area contributed by atoms with Crippen molar-refractivity contribution in [2.75, 3.05) is 13.1 Å². The van der Waals surface area contributed by atoms with E-state index in [4.69, 9.17) is 4.74 Å². The summed E-state index contributed by atoms with van der Waals surface area (Å²) in [6.07, 6.45) is 1.91. The standard InChI is InChI=1S/C22H24N2O2S/c1-4-23-22-24(5-2)21(25)20(27-22)14-18-7-6-8-19(13-18)26-15-17-11-9-16(3)10-12-17/h6-14H,4-5,15H2,1-3H3/b20-14-,23-22?. The summed E-state index contributed by atoms with van der Waals surface area (Å²) in [5, 5.41) is 0.781. The Labute approximate surface area is 164 Å². The number of benzene rings is 2. The van der Waals surface area contributed by atoms with Gasteiger partial charge in [0.25, 0.3) is 5.91 Å². The molecule has 0 aliphatic carbocycles. The molecule has 4 nitrogen and oxygen atoms in total. The number of aliphatic imine (C=N–C) groups is 1. The maximum Gasteiger partial charge on any atom is 0.266 e. The first-order valence-electron chi connectivity index (χ1n) is 9.15. The Morgan fingerprint density at radius 3 is 2.63 bits per heavy atom. The molecule has 0 N–H and O–H groups in total. The highest BCUT2D eigenvalue weighted by Gasteiger charge is 2.31. The third-order valence-corrected chi connectivity index (χ3v) is 5.22. The lowest BCUT2D eigenvalue weighted by atomic mass is 10.1. The lowest BCUT2D eigenvalue weighted by molar-refractivity contribution is -0.122. The quantitative estimate of drug-likeness (QED) is 0.670. The predicted octanol–water partition coefficient (Wildman–Crippen LogP) is 4.89. The Hall–Kier alpha value is -2.53. The number of hydrogen-bond donors (Lipinski definition) is 0. The lowest BCUT2D eigenvalue weighted by Gasteiger charge is -2.11. The van der Waals surface area contributed by atoms with Crippen LogP contribution in [0.2, 0.25) is 0 Å². The van der Waals surface area contributed by atoms with Gasteiger partial charge in [-0.25, -0.2) is 0 Å². The first-order chi connectivity index (χ1) is 13.1. The number of carbonyl (C=O) groups excluding carboxylic acids is 1. The summed E-state index contributed by atoms with van der Waals surface area (Å²) in [6.45, 7) is 7.82. The summed E-state index contributed by atoms with van der Waals surface area (Å²) in [4.78, 5) is 19.4. The third kappa shape index (κ3) is 4.80. The number of amidine groups is 1. The SMILES string of the molecule is CCN=C1S/C(=C\c2cccc(OCc3ccc(C)cc3)c2)C(=O)N1CC. The fraction of sp³-hybridized carbons (Fsp3) is 0.273. The van der Waals surface area contributed by atoms with E-state index in [9.17, 15) is 4.79 Å². The number of nitrogens with zero attached hydrogens (tertiary/aromatic N) is 2. The number of rotatable bonds is 6. The second-order valence-electron chi connectivity index (χ2n) is 6.26. The Kier molecular flexibility index (Phi) is 6.35. The van der Waals surface area contributed by atoms with Gasteiger partial charge in [-0.05, 0) is 61.9 Å². The van der Waals surface area contributed by atoms with Gasteiger partial charge in [0.2, 0.25) is 0 Å². The van der Waals surface area contributed by atoms with Crippen LogP contribution in [0, 0.1) is 6.92 Å². The number of ether oxygens (including phenoxy) is 1. The molecule has 1 fully saturated rings. The molecule has 27 heavy (non-hydrogen) atoms. The van der Waals surface area contributed by atoms with Crippen LogP contribution >= 0.6 is 11.8 Å². The molecule has 1 aliphatic heterocycles. The van der Waals surface area contributed by atoms with Gasteiger partial charge < -0.3 is 4.74 Å². The molecule has 0 unspecified atom stereocenters. The van der Waals surface area contributed by atoms with E-state index in [0.29, 0.717) is 24.6 Å². The summed E-state index contributed by atoms with van der Waals surface area (Å²) in [5.41, 5.74) is 3.31. The molecule has 0 spiro atoms. The van der Waals surface area contributed by atoms with Gasteiger partial charge in [-0.3, -0.25) is 14.7 Å². The highest BCUT2D eigenvalue weighted by Crippen LogP contribution is 2.32. The molecule has 3 rings (SSSR count). The van der Waals surface area contributed by atoms with Crippen molar-refractivity contribution < 1.29 is 9.53 Å². The fourth-order valence-corrected chi connectivity index (χ4v) is 3.84. The zero-order chi connectivity index (χ0) is 19.2. The molecule has 5 heteroatoms. The smallest absolute Gasteiger partial charge is 0.266 e. The average molecular weight is 381 g/mol. The Morgan fingerprint density at radius 2 is 1.93 bits per heavy atom. The van der Waals surface area contributed by atoms with E-state index in [1.807, 2.05) is 44.2 Å². The van der Waals surface area contributed by atoms with Gasteiger partial charge in [-0.2, -0.15) is 0 Å². The molecule has 1 aliphatic rings. The Balaban J connectivity index is 1.73. The number of carbonyl (C=O) groups is 1. The van der Waals surface area contributed by atoms with Crippen molar-refractivity contribution in [3.05, 3.63) is 70.1 Å².